The van der Waals surface area contributed by atoms with Crippen LogP contribution in [-0.2, 0) is 22.6 Å². The van der Waals surface area contributed by atoms with E-state index in [9.17, 15) is 30.8 Å². The molecule has 0 N–H and O–H groups in total. The quantitative estimate of drug-likeness (QED) is 0.438. The fourth-order valence-electron chi connectivity index (χ4n) is 2.52. The van der Waals surface area contributed by atoms with E-state index in [1.165, 1.54) is 18.2 Å². The van der Waals surface area contributed by atoms with E-state index in [1.807, 2.05) is 0 Å². The van der Waals surface area contributed by atoms with Crippen molar-refractivity contribution in [1.29, 1.82) is 0 Å². The van der Waals surface area contributed by atoms with Gasteiger partial charge >= 0.3 is 6.18 Å². The monoisotopic (exact) mass is 461 g/mol. The normalized spacial score (nSPS) is 12.2. The van der Waals surface area contributed by atoms with Crippen LogP contribution in [0.2, 0.25) is 5.02 Å². The van der Waals surface area contributed by atoms with Gasteiger partial charge in [0.2, 0.25) is 15.0 Å². The Labute approximate surface area is 172 Å². The number of pyridine rings is 1. The van der Waals surface area contributed by atoms with Crippen LogP contribution in [-0.4, -0.2) is 29.2 Å². The number of sulfone groups is 1. The Morgan fingerprint density at radius 1 is 1.10 bits per heavy atom. The summed E-state index contributed by atoms with van der Waals surface area (Å²) in [5.41, 5.74) is -2.23. The molecule has 0 aliphatic heterocycles. The van der Waals surface area contributed by atoms with Crippen molar-refractivity contribution in [3.8, 4) is 11.3 Å². The summed E-state index contributed by atoms with van der Waals surface area (Å²) >= 11 is 5.70. The zero-order valence-corrected chi connectivity index (χ0v) is 16.7. The molecule has 3 aromatic rings. The highest BCUT2D eigenvalue weighted by Gasteiger charge is 2.35. The van der Waals surface area contributed by atoms with E-state index >= 15 is 0 Å². The minimum atomic E-state index is -4.92. The maximum absolute atomic E-state index is 14.0. The number of hydrogen-bond acceptors (Lipinski definition) is 5. The molecule has 6 nitrogen and oxygen atoms in total. The number of benzene rings is 1. The first-order chi connectivity index (χ1) is 13.8. The van der Waals surface area contributed by atoms with Crippen LogP contribution in [0.5, 0.6) is 0 Å². The lowest BCUT2D eigenvalue weighted by Gasteiger charge is -2.12. The number of rotatable bonds is 4. The third kappa shape index (κ3) is 4.85. The summed E-state index contributed by atoms with van der Waals surface area (Å²) in [4.78, 5) is 18.9. The number of halogens is 5. The first kappa shape index (κ1) is 21.9. The highest BCUT2D eigenvalue weighted by atomic mass is 35.5. The molecular formula is C18H12ClF4N3O3S. The van der Waals surface area contributed by atoms with Gasteiger partial charge in [-0.15, -0.1) is 0 Å². The van der Waals surface area contributed by atoms with Gasteiger partial charge in [-0.05, 0) is 24.3 Å². The summed E-state index contributed by atoms with van der Waals surface area (Å²) in [5, 5.41) is -0.847. The Kier molecular flexibility index (Phi) is 5.70. The molecule has 0 aliphatic rings. The highest BCUT2D eigenvalue weighted by Crippen LogP contribution is 2.31. The van der Waals surface area contributed by atoms with Crippen LogP contribution in [0.1, 0.15) is 11.3 Å². The largest absolute Gasteiger partial charge is 0.433 e. The van der Waals surface area contributed by atoms with Crippen LogP contribution in [0, 0.1) is 5.82 Å². The van der Waals surface area contributed by atoms with Crippen LogP contribution in [0.15, 0.2) is 52.5 Å². The van der Waals surface area contributed by atoms with Crippen LogP contribution in [0.3, 0.4) is 0 Å². The van der Waals surface area contributed by atoms with Crippen molar-refractivity contribution in [2.45, 2.75) is 17.9 Å². The minimum Gasteiger partial charge on any atom is -0.310 e. The standard InChI is InChI=1S/C18H12ClF4N3O3S/c1-30(28,29)17-24-14(7-15(25-17)18(21,22)23)11-3-5-16(27)26(9-11)8-10-2-4-12(19)6-13(10)20/h2-7,9H,8H2,1H3. The van der Waals surface area contributed by atoms with E-state index in [0.717, 1.165) is 22.9 Å². The molecule has 2 aromatic heterocycles. The second kappa shape index (κ2) is 7.80. The maximum atomic E-state index is 14.0. The molecule has 2 heterocycles. The molecule has 158 valence electrons. The van der Waals surface area contributed by atoms with Crippen molar-refractivity contribution in [2.24, 2.45) is 0 Å². The van der Waals surface area contributed by atoms with Gasteiger partial charge in [0.25, 0.3) is 5.56 Å². The predicted octanol–water partition coefficient (Wildman–Crippen LogP) is 3.57. The van der Waals surface area contributed by atoms with Gasteiger partial charge in [0.1, 0.15) is 11.5 Å². The van der Waals surface area contributed by atoms with E-state index in [2.05, 4.69) is 9.97 Å². The molecule has 0 spiro atoms. The first-order valence-corrected chi connectivity index (χ1v) is 10.4. The zero-order chi connectivity index (χ0) is 22.3. The van der Waals surface area contributed by atoms with Crippen LogP contribution in [0.4, 0.5) is 17.6 Å². The topological polar surface area (TPSA) is 81.9 Å². The van der Waals surface area contributed by atoms with Gasteiger partial charge in [-0.1, -0.05) is 17.7 Å². The molecule has 0 aliphatic carbocycles. The number of hydrogen-bond donors (Lipinski definition) is 0. The molecule has 0 saturated heterocycles. The second-order valence-electron chi connectivity index (χ2n) is 6.31. The predicted molar refractivity (Wildman–Crippen MR) is 100 cm³/mol. The molecular weight excluding hydrogens is 450 g/mol. The molecule has 12 heteroatoms. The van der Waals surface area contributed by atoms with Crippen molar-refractivity contribution < 1.29 is 26.0 Å². The van der Waals surface area contributed by atoms with E-state index in [1.54, 1.807) is 0 Å². The minimum absolute atomic E-state index is 0.0155. The Morgan fingerprint density at radius 3 is 2.40 bits per heavy atom. The van der Waals surface area contributed by atoms with Gasteiger partial charge in [0.05, 0.1) is 12.2 Å². The molecule has 0 amide bonds. The summed E-state index contributed by atoms with van der Waals surface area (Å²) in [6, 6.07) is 6.66. The zero-order valence-electron chi connectivity index (χ0n) is 15.1. The average molecular weight is 462 g/mol. The van der Waals surface area contributed by atoms with Gasteiger partial charge in [0, 0.05) is 34.7 Å². The third-order valence-electron chi connectivity index (χ3n) is 3.96. The third-order valence-corrected chi connectivity index (χ3v) is 5.04. The molecule has 1 aromatic carbocycles. The Hall–Kier alpha value is -2.79. The van der Waals surface area contributed by atoms with E-state index in [4.69, 9.17) is 11.6 Å². The van der Waals surface area contributed by atoms with Crippen molar-refractivity contribution in [3.05, 3.63) is 75.0 Å². The molecule has 0 fully saturated rings. The van der Waals surface area contributed by atoms with Crippen molar-refractivity contribution in [2.75, 3.05) is 6.26 Å². The van der Waals surface area contributed by atoms with Crippen molar-refractivity contribution in [1.82, 2.24) is 14.5 Å². The molecule has 0 saturated carbocycles. The van der Waals surface area contributed by atoms with E-state index in [0.29, 0.717) is 12.3 Å². The lowest BCUT2D eigenvalue weighted by atomic mass is 10.1. The Morgan fingerprint density at radius 2 is 1.80 bits per heavy atom. The van der Waals surface area contributed by atoms with Gasteiger partial charge in [0.15, 0.2) is 0 Å². The summed E-state index contributed by atoms with van der Waals surface area (Å²) in [6.45, 7) is -0.230. The smallest absolute Gasteiger partial charge is 0.310 e. The van der Waals surface area contributed by atoms with Crippen molar-refractivity contribution >= 4 is 21.4 Å². The lowest BCUT2D eigenvalue weighted by molar-refractivity contribution is -0.141. The Bertz CT molecular complexity index is 1290. The van der Waals surface area contributed by atoms with Crippen LogP contribution >= 0.6 is 11.6 Å². The molecule has 30 heavy (non-hydrogen) atoms. The van der Waals surface area contributed by atoms with Crippen molar-refractivity contribution in [3.63, 3.8) is 0 Å². The summed E-state index contributed by atoms with van der Waals surface area (Å²) < 4.78 is 78.0. The molecule has 0 unspecified atom stereocenters. The van der Waals surface area contributed by atoms with Gasteiger partial charge in [-0.3, -0.25) is 4.79 Å². The fraction of sp³-hybridized carbons (Fsp3) is 0.167. The number of alkyl halides is 3. The number of aromatic nitrogens is 3. The molecule has 0 bridgehead atoms. The SMILES string of the molecule is CS(=O)(=O)c1nc(-c2ccc(=O)n(Cc3ccc(Cl)cc3F)c2)cc(C(F)(F)F)n1. The molecule has 0 radical (unpaired) electrons. The van der Waals surface area contributed by atoms with Gasteiger partial charge < -0.3 is 4.57 Å². The summed E-state index contributed by atoms with van der Waals surface area (Å²) in [5.74, 6) is -0.666. The second-order valence-corrected chi connectivity index (χ2v) is 8.66. The fourth-order valence-corrected chi connectivity index (χ4v) is 3.21. The Balaban J connectivity index is 2.13. The maximum Gasteiger partial charge on any atom is 0.433 e. The lowest BCUT2D eigenvalue weighted by Crippen LogP contribution is -2.20. The van der Waals surface area contributed by atoms with Gasteiger partial charge in [-0.25, -0.2) is 22.8 Å². The molecule has 3 rings (SSSR count). The molecule has 0 atom stereocenters. The summed E-state index contributed by atoms with van der Waals surface area (Å²) in [6.07, 6.45) is -3.08. The van der Waals surface area contributed by atoms with Gasteiger partial charge in [-0.2, -0.15) is 13.2 Å². The summed E-state index contributed by atoms with van der Waals surface area (Å²) in [7, 11) is -4.15. The number of nitrogens with zero attached hydrogens (tertiary/aromatic N) is 3. The van der Waals surface area contributed by atoms with Crippen LogP contribution < -0.4 is 5.56 Å². The highest BCUT2D eigenvalue weighted by molar-refractivity contribution is 7.90. The van der Waals surface area contributed by atoms with Crippen LogP contribution in [0.25, 0.3) is 11.3 Å². The first-order valence-electron chi connectivity index (χ1n) is 8.16. The van der Waals surface area contributed by atoms with E-state index in [-0.39, 0.29) is 28.4 Å². The van der Waals surface area contributed by atoms with E-state index < -0.39 is 38.2 Å². The average Bonchev–Trinajstić information content (AvgIpc) is 2.64.